The van der Waals surface area contributed by atoms with E-state index in [2.05, 4.69) is 34.0 Å². The molecule has 15 heavy (non-hydrogen) atoms. The molecule has 0 unspecified atom stereocenters. The summed E-state index contributed by atoms with van der Waals surface area (Å²) in [6, 6.07) is 0. The number of nitrogens with zero attached hydrogens (tertiary/aromatic N) is 3. The normalized spacial score (nSPS) is 10.6. The van der Waals surface area contributed by atoms with Gasteiger partial charge in [0, 0.05) is 13.1 Å². The molecule has 5 nitrogen and oxygen atoms in total. The fourth-order valence-electron chi connectivity index (χ4n) is 1.35. The van der Waals surface area contributed by atoms with Crippen molar-refractivity contribution in [1.82, 2.24) is 14.9 Å². The third-order valence-corrected chi connectivity index (χ3v) is 2.28. The second-order valence-corrected chi connectivity index (χ2v) is 3.28. The van der Waals surface area contributed by atoms with E-state index in [9.17, 15) is 0 Å². The number of hydrogen-bond acceptors (Lipinski definition) is 5. The molecule has 0 atom stereocenters. The molecule has 1 aromatic heterocycles. The highest BCUT2D eigenvalue weighted by Gasteiger charge is 1.99. The van der Waals surface area contributed by atoms with Crippen LogP contribution in [-0.4, -0.2) is 41.0 Å². The van der Waals surface area contributed by atoms with Gasteiger partial charge in [-0.3, -0.25) is 4.98 Å². The summed E-state index contributed by atoms with van der Waals surface area (Å²) in [7, 11) is 0. The molecule has 0 aromatic carbocycles. The summed E-state index contributed by atoms with van der Waals surface area (Å²) in [5.74, 6) is 1.19. The fraction of sp³-hybridized carbons (Fsp3) is 0.600. The van der Waals surface area contributed by atoms with Crippen LogP contribution < -0.4 is 11.1 Å². The Morgan fingerprint density at radius 3 is 2.67 bits per heavy atom. The molecule has 0 radical (unpaired) electrons. The molecule has 1 aromatic rings. The maximum absolute atomic E-state index is 5.52. The number of hydrogen-bond donors (Lipinski definition) is 2. The summed E-state index contributed by atoms with van der Waals surface area (Å²) in [6.07, 6.45) is 3.22. The summed E-state index contributed by atoms with van der Waals surface area (Å²) >= 11 is 0. The van der Waals surface area contributed by atoms with Crippen LogP contribution in [0.2, 0.25) is 0 Å². The van der Waals surface area contributed by atoms with Crippen LogP contribution in [0.3, 0.4) is 0 Å². The number of anilines is 2. The molecular weight excluding hydrogens is 190 g/mol. The van der Waals surface area contributed by atoms with Crippen molar-refractivity contribution in [2.45, 2.75) is 13.8 Å². The molecule has 0 saturated heterocycles. The zero-order chi connectivity index (χ0) is 11.1. The molecule has 3 N–H and O–H groups in total. The Morgan fingerprint density at radius 1 is 1.33 bits per heavy atom. The van der Waals surface area contributed by atoms with Gasteiger partial charge in [-0.25, -0.2) is 4.98 Å². The molecule has 0 fully saturated rings. The second-order valence-electron chi connectivity index (χ2n) is 3.28. The van der Waals surface area contributed by atoms with Gasteiger partial charge in [-0.15, -0.1) is 0 Å². The van der Waals surface area contributed by atoms with E-state index in [1.807, 2.05) is 0 Å². The largest absolute Gasteiger partial charge is 0.382 e. The SMILES string of the molecule is CCN(CC)CCNc1cncc(N)n1. The first-order chi connectivity index (χ1) is 7.26. The monoisotopic (exact) mass is 209 g/mol. The lowest BCUT2D eigenvalue weighted by Crippen LogP contribution is -2.28. The van der Waals surface area contributed by atoms with Crippen LogP contribution >= 0.6 is 0 Å². The van der Waals surface area contributed by atoms with E-state index in [0.717, 1.165) is 32.0 Å². The molecule has 84 valence electrons. The minimum Gasteiger partial charge on any atom is -0.382 e. The zero-order valence-electron chi connectivity index (χ0n) is 9.40. The average Bonchev–Trinajstić information content (AvgIpc) is 2.25. The standard InChI is InChI=1S/C10H19N5/c1-3-15(4-2)6-5-13-10-8-12-7-9(11)14-10/h7-8H,3-6H2,1-2H3,(H3,11,13,14). The quantitative estimate of drug-likeness (QED) is 0.726. The van der Waals surface area contributed by atoms with E-state index in [0.29, 0.717) is 5.82 Å². The van der Waals surface area contributed by atoms with Gasteiger partial charge >= 0.3 is 0 Å². The highest BCUT2D eigenvalue weighted by molar-refractivity contribution is 5.38. The molecular formula is C10H19N5. The van der Waals surface area contributed by atoms with Gasteiger partial charge in [0.25, 0.3) is 0 Å². The van der Waals surface area contributed by atoms with Crippen molar-refractivity contribution in [3.05, 3.63) is 12.4 Å². The van der Waals surface area contributed by atoms with E-state index < -0.39 is 0 Å². The van der Waals surface area contributed by atoms with Gasteiger partial charge in [0.1, 0.15) is 11.6 Å². The van der Waals surface area contributed by atoms with Crippen molar-refractivity contribution in [1.29, 1.82) is 0 Å². The van der Waals surface area contributed by atoms with Gasteiger partial charge in [-0.05, 0) is 13.1 Å². The maximum Gasteiger partial charge on any atom is 0.146 e. The summed E-state index contributed by atoms with van der Waals surface area (Å²) in [6.45, 7) is 8.32. The van der Waals surface area contributed by atoms with E-state index >= 15 is 0 Å². The second kappa shape index (κ2) is 6.19. The average molecular weight is 209 g/mol. The summed E-state index contributed by atoms with van der Waals surface area (Å²) in [4.78, 5) is 10.4. The van der Waals surface area contributed by atoms with Crippen molar-refractivity contribution >= 4 is 11.6 Å². The topological polar surface area (TPSA) is 67.1 Å². The summed E-state index contributed by atoms with van der Waals surface area (Å²) < 4.78 is 0. The highest BCUT2D eigenvalue weighted by Crippen LogP contribution is 2.02. The van der Waals surface area contributed by atoms with Crippen LogP contribution in [0.1, 0.15) is 13.8 Å². The van der Waals surface area contributed by atoms with Crippen molar-refractivity contribution in [2.75, 3.05) is 37.2 Å². The van der Waals surface area contributed by atoms with E-state index in [-0.39, 0.29) is 0 Å². The Morgan fingerprint density at radius 2 is 2.07 bits per heavy atom. The Kier molecular flexibility index (Phi) is 4.83. The van der Waals surface area contributed by atoms with Gasteiger partial charge in [-0.2, -0.15) is 0 Å². The molecule has 0 saturated carbocycles. The van der Waals surface area contributed by atoms with Crippen molar-refractivity contribution in [3.8, 4) is 0 Å². The van der Waals surface area contributed by atoms with E-state index in [4.69, 9.17) is 5.73 Å². The number of nitrogens with one attached hydrogen (secondary N) is 1. The third-order valence-electron chi connectivity index (χ3n) is 2.28. The summed E-state index contributed by atoms with van der Waals surface area (Å²) in [5.41, 5.74) is 5.52. The van der Waals surface area contributed by atoms with Gasteiger partial charge in [-0.1, -0.05) is 13.8 Å². The van der Waals surface area contributed by atoms with E-state index in [1.54, 1.807) is 6.20 Å². The molecule has 0 aliphatic rings. The van der Waals surface area contributed by atoms with Crippen LogP contribution in [0.25, 0.3) is 0 Å². The van der Waals surface area contributed by atoms with E-state index in [1.165, 1.54) is 6.20 Å². The molecule has 1 heterocycles. The molecule has 0 aliphatic carbocycles. The Hall–Kier alpha value is -1.36. The van der Waals surface area contributed by atoms with Crippen LogP contribution in [0.15, 0.2) is 12.4 Å². The van der Waals surface area contributed by atoms with Crippen LogP contribution in [-0.2, 0) is 0 Å². The molecule has 5 heteroatoms. The number of nitrogen functional groups attached to an aromatic ring is 1. The van der Waals surface area contributed by atoms with Gasteiger partial charge in [0.2, 0.25) is 0 Å². The number of nitrogens with two attached hydrogens (primary N) is 1. The van der Waals surface area contributed by atoms with Gasteiger partial charge in [0.15, 0.2) is 0 Å². The Balaban J connectivity index is 2.31. The van der Waals surface area contributed by atoms with Crippen molar-refractivity contribution in [2.24, 2.45) is 0 Å². The van der Waals surface area contributed by atoms with Crippen LogP contribution in [0, 0.1) is 0 Å². The third kappa shape index (κ3) is 4.12. The number of likely N-dealkylation sites (N-methyl/N-ethyl adjacent to an activating group) is 1. The lowest BCUT2D eigenvalue weighted by molar-refractivity contribution is 0.316. The van der Waals surface area contributed by atoms with Crippen molar-refractivity contribution in [3.63, 3.8) is 0 Å². The first-order valence-electron chi connectivity index (χ1n) is 5.30. The minimum absolute atomic E-state index is 0.447. The molecule has 0 amide bonds. The Labute approximate surface area is 90.7 Å². The van der Waals surface area contributed by atoms with Gasteiger partial charge in [0.05, 0.1) is 12.4 Å². The zero-order valence-corrected chi connectivity index (χ0v) is 9.40. The molecule has 1 rings (SSSR count). The molecule has 0 bridgehead atoms. The molecule has 0 spiro atoms. The fourth-order valence-corrected chi connectivity index (χ4v) is 1.35. The number of rotatable bonds is 6. The minimum atomic E-state index is 0.447. The number of aromatic nitrogens is 2. The Bertz CT molecular complexity index is 285. The lowest BCUT2D eigenvalue weighted by Gasteiger charge is -2.18. The van der Waals surface area contributed by atoms with Crippen LogP contribution in [0.5, 0.6) is 0 Å². The predicted molar refractivity (Wildman–Crippen MR) is 62.7 cm³/mol. The lowest BCUT2D eigenvalue weighted by atomic mass is 10.4. The maximum atomic E-state index is 5.52. The smallest absolute Gasteiger partial charge is 0.146 e. The predicted octanol–water partition coefficient (Wildman–Crippen LogP) is 0.812. The first-order valence-corrected chi connectivity index (χ1v) is 5.30. The highest BCUT2D eigenvalue weighted by atomic mass is 15.1. The van der Waals surface area contributed by atoms with Crippen molar-refractivity contribution < 1.29 is 0 Å². The molecule has 0 aliphatic heterocycles. The first kappa shape index (κ1) is 11.7. The summed E-state index contributed by atoms with van der Waals surface area (Å²) in [5, 5.41) is 3.19. The van der Waals surface area contributed by atoms with Gasteiger partial charge < -0.3 is 16.0 Å². The van der Waals surface area contributed by atoms with Crippen LogP contribution in [0.4, 0.5) is 11.6 Å².